The fourth-order valence-corrected chi connectivity index (χ4v) is 4.01. The van der Waals surface area contributed by atoms with Gasteiger partial charge in [0.25, 0.3) is 0 Å². The van der Waals surface area contributed by atoms with Gasteiger partial charge >= 0.3 is 0 Å². The Morgan fingerprint density at radius 3 is 2.57 bits per heavy atom. The van der Waals surface area contributed by atoms with Gasteiger partial charge in [-0.05, 0) is 42.7 Å². The van der Waals surface area contributed by atoms with E-state index in [9.17, 15) is 0 Å². The highest BCUT2D eigenvalue weighted by Crippen LogP contribution is 2.46. The second kappa shape index (κ2) is 6.35. The summed E-state index contributed by atoms with van der Waals surface area (Å²) in [5.74, 6) is 0. The molecule has 1 saturated heterocycles. The largest absolute Gasteiger partial charge is 0.370 e. The predicted octanol–water partition coefficient (Wildman–Crippen LogP) is 3.74. The molecule has 21 heavy (non-hydrogen) atoms. The predicted molar refractivity (Wildman–Crippen MR) is 88.6 cm³/mol. The van der Waals surface area contributed by atoms with Crippen LogP contribution in [0.15, 0.2) is 18.5 Å². The zero-order valence-electron chi connectivity index (χ0n) is 13.6. The van der Waals surface area contributed by atoms with Crippen molar-refractivity contribution in [2.45, 2.75) is 65.0 Å². The average molecular weight is 287 g/mol. The summed E-state index contributed by atoms with van der Waals surface area (Å²) in [6, 6.07) is 2.69. The van der Waals surface area contributed by atoms with Gasteiger partial charge in [0.15, 0.2) is 0 Å². The Balaban J connectivity index is 1.67. The van der Waals surface area contributed by atoms with Crippen molar-refractivity contribution in [3.8, 4) is 0 Å². The third-order valence-electron chi connectivity index (χ3n) is 5.42. The van der Waals surface area contributed by atoms with Gasteiger partial charge in [0.05, 0.1) is 11.9 Å². The molecule has 116 valence electrons. The van der Waals surface area contributed by atoms with Crippen LogP contribution in [-0.2, 0) is 6.54 Å². The number of nitrogens with zero attached hydrogens (tertiary/aromatic N) is 2. The van der Waals surface area contributed by atoms with Gasteiger partial charge in [-0.25, -0.2) is 0 Å². The van der Waals surface area contributed by atoms with E-state index in [2.05, 4.69) is 41.3 Å². The van der Waals surface area contributed by atoms with Crippen molar-refractivity contribution in [2.75, 3.05) is 18.0 Å². The second-order valence-electron chi connectivity index (χ2n) is 7.23. The van der Waals surface area contributed by atoms with Crippen LogP contribution in [0.1, 0.15) is 57.9 Å². The Bertz CT molecular complexity index is 453. The molecule has 1 spiro atoms. The van der Waals surface area contributed by atoms with Crippen molar-refractivity contribution in [1.29, 1.82) is 0 Å². The van der Waals surface area contributed by atoms with Crippen LogP contribution >= 0.6 is 0 Å². The van der Waals surface area contributed by atoms with Crippen LogP contribution in [0.4, 0.5) is 5.69 Å². The van der Waals surface area contributed by atoms with Gasteiger partial charge in [-0.2, -0.15) is 0 Å². The maximum Gasteiger partial charge on any atom is 0.0598 e. The Kier molecular flexibility index (Phi) is 4.48. The van der Waals surface area contributed by atoms with Crippen LogP contribution in [0, 0.1) is 5.41 Å². The van der Waals surface area contributed by atoms with E-state index in [1.54, 1.807) is 0 Å². The zero-order chi connectivity index (χ0) is 14.7. The van der Waals surface area contributed by atoms with E-state index in [0.29, 0.717) is 11.5 Å². The van der Waals surface area contributed by atoms with Gasteiger partial charge < -0.3 is 10.2 Å². The lowest BCUT2D eigenvalue weighted by Gasteiger charge is -2.41. The van der Waals surface area contributed by atoms with Gasteiger partial charge in [-0.1, -0.05) is 26.7 Å². The number of rotatable bonds is 4. The van der Waals surface area contributed by atoms with Crippen LogP contribution in [0.25, 0.3) is 0 Å². The lowest BCUT2D eigenvalue weighted by molar-refractivity contribution is 0.226. The molecule has 1 aromatic rings. The molecule has 1 aliphatic heterocycles. The minimum Gasteiger partial charge on any atom is -0.370 e. The highest BCUT2D eigenvalue weighted by molar-refractivity contribution is 5.52. The van der Waals surface area contributed by atoms with Crippen LogP contribution < -0.4 is 10.2 Å². The number of aromatic nitrogens is 1. The van der Waals surface area contributed by atoms with Gasteiger partial charge in [0.2, 0.25) is 0 Å². The molecule has 1 N–H and O–H groups in total. The molecule has 2 aliphatic rings. The average Bonchev–Trinajstić information content (AvgIpc) is 2.95. The third-order valence-corrected chi connectivity index (χ3v) is 5.42. The number of hydrogen-bond donors (Lipinski definition) is 1. The second-order valence-corrected chi connectivity index (χ2v) is 7.23. The normalized spacial score (nSPS) is 21.4. The first-order valence-corrected chi connectivity index (χ1v) is 8.60. The molecule has 1 aromatic heterocycles. The quantitative estimate of drug-likeness (QED) is 0.914. The molecule has 0 aromatic carbocycles. The summed E-state index contributed by atoms with van der Waals surface area (Å²) in [7, 11) is 0. The van der Waals surface area contributed by atoms with Crippen LogP contribution in [0.2, 0.25) is 0 Å². The first-order chi connectivity index (χ1) is 10.2. The summed E-state index contributed by atoms with van der Waals surface area (Å²) >= 11 is 0. The van der Waals surface area contributed by atoms with Crippen molar-refractivity contribution >= 4 is 5.69 Å². The Morgan fingerprint density at radius 2 is 1.90 bits per heavy atom. The summed E-state index contributed by atoms with van der Waals surface area (Å²) in [5.41, 5.74) is 3.43. The zero-order valence-corrected chi connectivity index (χ0v) is 13.6. The smallest absolute Gasteiger partial charge is 0.0598 e. The Labute approximate surface area is 129 Å². The van der Waals surface area contributed by atoms with E-state index >= 15 is 0 Å². The summed E-state index contributed by atoms with van der Waals surface area (Å²) in [4.78, 5) is 6.93. The first-order valence-electron chi connectivity index (χ1n) is 8.60. The lowest BCUT2D eigenvalue weighted by atomic mass is 9.77. The molecule has 2 fully saturated rings. The van der Waals surface area contributed by atoms with Gasteiger partial charge in [0.1, 0.15) is 0 Å². The van der Waals surface area contributed by atoms with E-state index in [1.807, 2.05) is 6.20 Å². The molecule has 1 aliphatic carbocycles. The van der Waals surface area contributed by atoms with E-state index < -0.39 is 0 Å². The van der Waals surface area contributed by atoms with Crippen LogP contribution in [-0.4, -0.2) is 24.1 Å². The molecular weight excluding hydrogens is 258 g/mol. The molecule has 3 nitrogen and oxygen atoms in total. The highest BCUT2D eigenvalue weighted by Gasteiger charge is 2.37. The number of hydrogen-bond acceptors (Lipinski definition) is 3. The van der Waals surface area contributed by atoms with E-state index in [-0.39, 0.29) is 0 Å². The lowest BCUT2D eigenvalue weighted by Crippen LogP contribution is -2.39. The fourth-order valence-electron chi connectivity index (χ4n) is 4.01. The SMILES string of the molecule is CC(C)NCc1ccncc1N1CCC2(CCCC2)CC1. The summed E-state index contributed by atoms with van der Waals surface area (Å²) < 4.78 is 0. The van der Waals surface area contributed by atoms with Gasteiger partial charge in [0, 0.05) is 31.9 Å². The first kappa shape index (κ1) is 14.8. The topological polar surface area (TPSA) is 28.2 Å². The van der Waals surface area contributed by atoms with Crippen molar-refractivity contribution in [3.63, 3.8) is 0 Å². The minimum absolute atomic E-state index is 0.522. The number of anilines is 1. The minimum atomic E-state index is 0.522. The molecular formula is C18H29N3. The third kappa shape index (κ3) is 3.39. The van der Waals surface area contributed by atoms with Crippen molar-refractivity contribution < 1.29 is 0 Å². The van der Waals surface area contributed by atoms with Crippen molar-refractivity contribution in [1.82, 2.24) is 10.3 Å². The maximum absolute atomic E-state index is 4.37. The van der Waals surface area contributed by atoms with Gasteiger partial charge in [-0.15, -0.1) is 0 Å². The number of piperidine rings is 1. The number of nitrogens with one attached hydrogen (secondary N) is 1. The fraction of sp³-hybridized carbons (Fsp3) is 0.722. The molecule has 0 unspecified atom stereocenters. The summed E-state index contributed by atoms with van der Waals surface area (Å²) in [6.45, 7) is 7.76. The molecule has 3 heteroatoms. The van der Waals surface area contributed by atoms with E-state index in [0.717, 1.165) is 6.54 Å². The van der Waals surface area contributed by atoms with Crippen molar-refractivity contribution in [2.24, 2.45) is 5.41 Å². The molecule has 3 rings (SSSR count). The van der Waals surface area contributed by atoms with E-state index in [4.69, 9.17) is 0 Å². The molecule has 0 atom stereocenters. The van der Waals surface area contributed by atoms with Crippen molar-refractivity contribution in [3.05, 3.63) is 24.0 Å². The maximum atomic E-state index is 4.37. The summed E-state index contributed by atoms with van der Waals surface area (Å²) in [5, 5.41) is 3.54. The Morgan fingerprint density at radius 1 is 1.19 bits per heavy atom. The monoisotopic (exact) mass is 287 g/mol. The number of pyridine rings is 1. The van der Waals surface area contributed by atoms with Gasteiger partial charge in [-0.3, -0.25) is 4.98 Å². The highest BCUT2D eigenvalue weighted by atomic mass is 15.1. The molecule has 0 radical (unpaired) electrons. The molecule has 0 amide bonds. The summed E-state index contributed by atoms with van der Waals surface area (Å²) in [6.07, 6.45) is 12.6. The standard InChI is InChI=1S/C18H29N3/c1-15(2)20-13-16-5-10-19-14-17(16)21-11-8-18(9-12-21)6-3-4-7-18/h5,10,14-15,20H,3-4,6-9,11-13H2,1-2H3. The molecule has 2 heterocycles. The molecule has 1 saturated carbocycles. The Hall–Kier alpha value is -1.09. The molecule has 0 bridgehead atoms. The van der Waals surface area contributed by atoms with Crippen LogP contribution in [0.3, 0.4) is 0 Å². The van der Waals surface area contributed by atoms with Crippen LogP contribution in [0.5, 0.6) is 0 Å². The van der Waals surface area contributed by atoms with E-state index in [1.165, 1.54) is 62.9 Å².